The van der Waals surface area contributed by atoms with E-state index in [1.54, 1.807) is 13.8 Å². The number of aliphatic hydroxyl groups excluding tert-OH is 1. The van der Waals surface area contributed by atoms with E-state index in [0.29, 0.717) is 0 Å². The fraction of sp³-hybridized carbons (Fsp3) is 1.00. The van der Waals surface area contributed by atoms with Crippen LogP contribution in [-0.4, -0.2) is 34.7 Å². The van der Waals surface area contributed by atoms with Gasteiger partial charge in [-0.1, -0.05) is 0 Å². The van der Waals surface area contributed by atoms with Crippen LogP contribution in [0.25, 0.3) is 0 Å². The molecular formula is C6H14ClO5P. The standard InChI is InChI=1S/C6H14ClO5P/c1-5(2)12-13(9,10)11-4-6(8)3-7/h5-6,8H,3-4H2,1-2H3,(H,9,10). The molecule has 0 aromatic heterocycles. The van der Waals surface area contributed by atoms with Crippen LogP contribution in [0.4, 0.5) is 0 Å². The average Bonchev–Trinajstić information content (AvgIpc) is 1.98. The van der Waals surface area contributed by atoms with E-state index in [1.807, 2.05) is 0 Å². The van der Waals surface area contributed by atoms with Crippen LogP contribution >= 0.6 is 19.4 Å². The van der Waals surface area contributed by atoms with Gasteiger partial charge in [-0.2, -0.15) is 0 Å². The topological polar surface area (TPSA) is 76.0 Å². The first-order valence-electron chi connectivity index (χ1n) is 3.77. The van der Waals surface area contributed by atoms with Gasteiger partial charge in [-0.3, -0.25) is 9.05 Å². The quantitative estimate of drug-likeness (QED) is 0.530. The van der Waals surface area contributed by atoms with Crippen LogP contribution in [0.3, 0.4) is 0 Å². The first kappa shape index (κ1) is 13.4. The Bertz CT molecular complexity index is 186. The lowest BCUT2D eigenvalue weighted by atomic mass is 10.4. The first-order valence-corrected chi connectivity index (χ1v) is 5.80. The van der Waals surface area contributed by atoms with Crippen LogP contribution in [-0.2, 0) is 13.6 Å². The van der Waals surface area contributed by atoms with Gasteiger partial charge in [-0.25, -0.2) is 4.57 Å². The van der Waals surface area contributed by atoms with Crippen molar-refractivity contribution >= 4 is 19.4 Å². The van der Waals surface area contributed by atoms with Crippen LogP contribution in [0.5, 0.6) is 0 Å². The first-order chi connectivity index (χ1) is 5.87. The molecule has 0 aliphatic heterocycles. The molecule has 0 aliphatic carbocycles. The molecule has 0 aromatic carbocycles. The predicted octanol–water partition coefficient (Wildman–Crippen LogP) is 1.13. The highest BCUT2D eigenvalue weighted by molar-refractivity contribution is 7.47. The highest BCUT2D eigenvalue weighted by Gasteiger charge is 2.23. The summed E-state index contributed by atoms with van der Waals surface area (Å²) < 4.78 is 20.0. The average molecular weight is 233 g/mol. The number of hydrogen-bond acceptors (Lipinski definition) is 4. The molecule has 0 spiro atoms. The second-order valence-electron chi connectivity index (χ2n) is 2.73. The molecule has 13 heavy (non-hydrogen) atoms. The van der Waals surface area contributed by atoms with Crippen molar-refractivity contribution in [3.8, 4) is 0 Å². The summed E-state index contributed by atoms with van der Waals surface area (Å²) in [5.74, 6) is -0.0539. The van der Waals surface area contributed by atoms with Gasteiger partial charge < -0.3 is 10.00 Å². The largest absolute Gasteiger partial charge is 0.472 e. The minimum absolute atomic E-state index is 0.0539. The van der Waals surface area contributed by atoms with Crippen molar-refractivity contribution in [1.29, 1.82) is 0 Å². The van der Waals surface area contributed by atoms with Gasteiger partial charge in [0.1, 0.15) is 0 Å². The van der Waals surface area contributed by atoms with Crippen molar-refractivity contribution in [2.45, 2.75) is 26.1 Å². The van der Waals surface area contributed by atoms with Crippen molar-refractivity contribution in [1.82, 2.24) is 0 Å². The maximum atomic E-state index is 11.0. The monoisotopic (exact) mass is 232 g/mol. The summed E-state index contributed by atoms with van der Waals surface area (Å²) in [7, 11) is -4.03. The van der Waals surface area contributed by atoms with E-state index in [-0.39, 0.29) is 12.5 Å². The molecule has 0 aromatic rings. The number of alkyl halides is 1. The summed E-state index contributed by atoms with van der Waals surface area (Å²) >= 11 is 5.24. The maximum Gasteiger partial charge on any atom is 0.472 e. The molecule has 0 heterocycles. The van der Waals surface area contributed by atoms with Crippen molar-refractivity contribution in [2.75, 3.05) is 12.5 Å². The van der Waals surface area contributed by atoms with Gasteiger partial charge in [-0.15, -0.1) is 11.6 Å². The Hall–Kier alpha value is 0.360. The second kappa shape index (κ2) is 5.96. The zero-order valence-corrected chi connectivity index (χ0v) is 9.16. The molecule has 0 aliphatic rings. The Labute approximate surface area is 82.2 Å². The Morgan fingerprint density at radius 2 is 2.08 bits per heavy atom. The third-order valence-corrected chi connectivity index (χ3v) is 2.47. The zero-order chi connectivity index (χ0) is 10.5. The fourth-order valence-corrected chi connectivity index (χ4v) is 1.56. The number of hydrogen-bond donors (Lipinski definition) is 2. The van der Waals surface area contributed by atoms with E-state index in [0.717, 1.165) is 0 Å². The molecule has 80 valence electrons. The molecular weight excluding hydrogens is 218 g/mol. The molecule has 0 saturated carbocycles. The van der Waals surface area contributed by atoms with E-state index in [2.05, 4.69) is 9.05 Å². The smallest absolute Gasteiger partial charge is 0.389 e. The van der Waals surface area contributed by atoms with Crippen molar-refractivity contribution in [3.63, 3.8) is 0 Å². The number of phosphoric ester groups is 1. The Balaban J connectivity index is 3.82. The normalized spacial score (nSPS) is 18.6. The van der Waals surface area contributed by atoms with Crippen LogP contribution < -0.4 is 0 Å². The van der Waals surface area contributed by atoms with E-state index in [1.165, 1.54) is 0 Å². The lowest BCUT2D eigenvalue weighted by Gasteiger charge is -2.15. The van der Waals surface area contributed by atoms with Gasteiger partial charge in [0.15, 0.2) is 0 Å². The number of rotatable bonds is 6. The molecule has 2 atom stereocenters. The van der Waals surface area contributed by atoms with Gasteiger partial charge in [0.25, 0.3) is 0 Å². The molecule has 0 bridgehead atoms. The van der Waals surface area contributed by atoms with Crippen molar-refractivity contribution in [2.24, 2.45) is 0 Å². The predicted molar refractivity (Wildman–Crippen MR) is 48.7 cm³/mol. The van der Waals surface area contributed by atoms with Gasteiger partial charge in [0.05, 0.1) is 24.7 Å². The second-order valence-corrected chi connectivity index (χ2v) is 4.44. The van der Waals surface area contributed by atoms with E-state index in [4.69, 9.17) is 21.6 Å². The highest BCUT2D eigenvalue weighted by atomic mass is 35.5. The van der Waals surface area contributed by atoms with Gasteiger partial charge >= 0.3 is 7.82 Å². The molecule has 2 N–H and O–H groups in total. The molecule has 5 nitrogen and oxygen atoms in total. The maximum absolute atomic E-state index is 11.0. The van der Waals surface area contributed by atoms with E-state index in [9.17, 15) is 4.57 Å². The van der Waals surface area contributed by atoms with Crippen molar-refractivity contribution in [3.05, 3.63) is 0 Å². The minimum Gasteiger partial charge on any atom is -0.389 e. The Morgan fingerprint density at radius 1 is 1.54 bits per heavy atom. The Morgan fingerprint density at radius 3 is 2.46 bits per heavy atom. The number of phosphoric acid groups is 1. The van der Waals surface area contributed by atoms with E-state index >= 15 is 0 Å². The molecule has 0 rings (SSSR count). The van der Waals surface area contributed by atoms with Gasteiger partial charge in [0, 0.05) is 0 Å². The zero-order valence-electron chi connectivity index (χ0n) is 7.51. The SMILES string of the molecule is CC(C)OP(=O)(O)OCC(O)CCl. The van der Waals surface area contributed by atoms with E-state index < -0.39 is 20.0 Å². The lowest BCUT2D eigenvalue weighted by molar-refractivity contribution is 0.0732. The number of aliphatic hydroxyl groups is 1. The molecule has 0 amide bonds. The summed E-state index contributed by atoms with van der Waals surface area (Å²) in [4.78, 5) is 8.99. The fourth-order valence-electron chi connectivity index (χ4n) is 0.522. The third kappa shape index (κ3) is 7.43. The van der Waals surface area contributed by atoms with Gasteiger partial charge in [-0.05, 0) is 13.8 Å². The lowest BCUT2D eigenvalue weighted by Crippen LogP contribution is -2.16. The van der Waals surface area contributed by atoms with Crippen LogP contribution in [0, 0.1) is 0 Å². The molecule has 0 fully saturated rings. The molecule has 0 saturated heterocycles. The summed E-state index contributed by atoms with van der Waals surface area (Å²) in [6.07, 6.45) is -1.37. The Kier molecular flexibility index (Phi) is 6.12. The van der Waals surface area contributed by atoms with Crippen molar-refractivity contribution < 1.29 is 23.6 Å². The highest BCUT2D eigenvalue weighted by Crippen LogP contribution is 2.44. The number of halogens is 1. The van der Waals surface area contributed by atoms with Gasteiger partial charge in [0.2, 0.25) is 0 Å². The summed E-state index contributed by atoms with van der Waals surface area (Å²) in [5.41, 5.74) is 0. The summed E-state index contributed by atoms with van der Waals surface area (Å²) in [5, 5.41) is 8.91. The molecule has 7 heteroatoms. The third-order valence-electron chi connectivity index (χ3n) is 0.952. The molecule has 0 radical (unpaired) electrons. The van der Waals surface area contributed by atoms with Crippen LogP contribution in [0.2, 0.25) is 0 Å². The summed E-state index contributed by atoms with van der Waals surface area (Å²) in [6.45, 7) is 2.89. The van der Waals surface area contributed by atoms with Crippen LogP contribution in [0.1, 0.15) is 13.8 Å². The minimum atomic E-state index is -4.03. The summed E-state index contributed by atoms with van der Waals surface area (Å²) in [6, 6.07) is 0. The molecule has 2 unspecified atom stereocenters. The van der Waals surface area contributed by atoms with Crippen LogP contribution in [0.15, 0.2) is 0 Å².